The molecule has 2 fully saturated rings. The molecule has 26 heteroatoms. The Morgan fingerprint density at radius 2 is 1.82 bits per heavy atom. The van der Waals surface area contributed by atoms with Crippen molar-refractivity contribution in [1.82, 2.24) is 24.6 Å². The summed E-state index contributed by atoms with van der Waals surface area (Å²) in [6.45, 7) is 6.34. The van der Waals surface area contributed by atoms with Crippen molar-refractivity contribution in [2.75, 3.05) is 5.73 Å². The molecule has 4 unspecified atom stereocenters. The van der Waals surface area contributed by atoms with Crippen LogP contribution in [-0.4, -0.2) is 84.9 Å². The number of anilines is 1. The van der Waals surface area contributed by atoms with E-state index in [9.17, 15) is 43.4 Å². The van der Waals surface area contributed by atoms with Gasteiger partial charge in [0.15, 0.2) is 17.4 Å². The smallest absolute Gasteiger partial charge is 0.388 e. The Hall–Kier alpha value is -2.42. The number of isocyanates is 1. The summed E-state index contributed by atoms with van der Waals surface area (Å²) in [5.74, 6) is -2.51. The number of nitrogen functional groups attached to an aromatic ring is 1. The number of phosphoric ester groups is 1. The van der Waals surface area contributed by atoms with Crippen LogP contribution in [0.15, 0.2) is 16.3 Å². The number of hydrogen-bond donors (Lipinski definition) is 7. The van der Waals surface area contributed by atoms with Gasteiger partial charge in [0.2, 0.25) is 5.95 Å². The van der Waals surface area contributed by atoms with E-state index in [0.717, 1.165) is 22.0 Å². The maximum absolute atomic E-state index is 13.3. The van der Waals surface area contributed by atoms with Crippen molar-refractivity contribution in [1.29, 1.82) is 0 Å². The molecule has 2 aliphatic rings. The van der Waals surface area contributed by atoms with Crippen LogP contribution in [-0.2, 0) is 46.4 Å². The highest BCUT2D eigenvalue weighted by Gasteiger charge is 2.63. The maximum Gasteiger partial charge on any atom is 0.490 e. The Balaban J connectivity index is 1.81. The molecule has 0 saturated carbocycles. The molecule has 2 aliphatic heterocycles. The molecule has 45 heavy (non-hydrogen) atoms. The lowest BCUT2D eigenvalue weighted by Crippen LogP contribution is -2.50. The predicted octanol–water partition coefficient (Wildman–Crippen LogP) is -0.262. The molecule has 2 aromatic heterocycles. The second-order valence-electron chi connectivity index (χ2n) is 11.3. The maximum atomic E-state index is 13.3. The highest BCUT2D eigenvalue weighted by atomic mass is 31.3. The van der Waals surface area contributed by atoms with E-state index in [4.69, 9.17) is 29.6 Å². The summed E-state index contributed by atoms with van der Waals surface area (Å²) in [6.07, 6.45) is -5.33. The molecule has 8 N–H and O–H groups in total. The number of nitrogens with zero attached hydrogens (tertiary/aromatic N) is 5. The molecule has 2 aromatic rings. The van der Waals surface area contributed by atoms with Gasteiger partial charge in [-0.1, -0.05) is 0 Å². The summed E-state index contributed by atoms with van der Waals surface area (Å²) >= 11 is 0. The fraction of sp³-hybridized carbons (Fsp3) is 0.684. The van der Waals surface area contributed by atoms with Gasteiger partial charge < -0.3 is 40.0 Å². The van der Waals surface area contributed by atoms with E-state index in [0.29, 0.717) is 0 Å². The third kappa shape index (κ3) is 7.28. The topological polar surface area (TPSA) is 341 Å². The Morgan fingerprint density at radius 1 is 1.18 bits per heavy atom. The largest absolute Gasteiger partial charge is 0.490 e. The number of nitrogens with two attached hydrogens (primary N) is 1. The number of ether oxygens (including phenoxy) is 1. The normalized spacial score (nSPS) is 30.0. The number of fused-ring (bicyclic) bond motifs is 1. The number of hydroxylamine groups is 2. The number of aromatic amines is 1. The van der Waals surface area contributed by atoms with Crippen molar-refractivity contribution in [3.8, 4) is 0 Å². The fourth-order valence-corrected chi connectivity index (χ4v) is 8.92. The summed E-state index contributed by atoms with van der Waals surface area (Å²) in [4.78, 5) is 75.8. The number of imidazole rings is 1. The van der Waals surface area contributed by atoms with Crippen LogP contribution < -0.4 is 11.3 Å². The average molecular weight is 704 g/mol. The zero-order valence-electron chi connectivity index (χ0n) is 23.6. The van der Waals surface area contributed by atoms with E-state index in [1.54, 1.807) is 27.7 Å². The van der Waals surface area contributed by atoms with E-state index < -0.39 is 76.7 Å². The number of H-pyrrole nitrogens is 1. The van der Waals surface area contributed by atoms with Crippen molar-refractivity contribution in [3.05, 3.63) is 16.7 Å². The molecule has 8 atom stereocenters. The molecule has 23 nitrogen and oxygen atoms in total. The molecule has 4 heterocycles. The molecule has 0 bridgehead atoms. The van der Waals surface area contributed by atoms with Crippen LogP contribution in [0.3, 0.4) is 0 Å². The van der Waals surface area contributed by atoms with Crippen LogP contribution in [0.2, 0.25) is 0 Å². The Bertz CT molecular complexity index is 1700. The monoisotopic (exact) mass is 704 g/mol. The summed E-state index contributed by atoms with van der Waals surface area (Å²) in [5, 5.41) is 28.6. The third-order valence-corrected chi connectivity index (χ3v) is 11.2. The van der Waals surface area contributed by atoms with Gasteiger partial charge in [-0.05, 0) is 40.0 Å². The van der Waals surface area contributed by atoms with Crippen molar-refractivity contribution in [2.24, 2.45) is 17.0 Å². The molecule has 4 rings (SSSR count). The lowest BCUT2D eigenvalue weighted by molar-refractivity contribution is -0.252. The number of carbonyl (C=O) groups excluding carboxylic acids is 1. The van der Waals surface area contributed by atoms with Gasteiger partial charge in [0.1, 0.15) is 12.2 Å². The van der Waals surface area contributed by atoms with E-state index in [1.807, 2.05) is 0 Å². The average Bonchev–Trinajstić information content (AvgIpc) is 3.47. The van der Waals surface area contributed by atoms with E-state index in [1.165, 1.54) is 0 Å². The van der Waals surface area contributed by atoms with Gasteiger partial charge >= 0.3 is 23.5 Å². The van der Waals surface area contributed by atoms with Gasteiger partial charge in [0, 0.05) is 22.2 Å². The van der Waals surface area contributed by atoms with Crippen molar-refractivity contribution < 1.29 is 71.1 Å². The number of hydrogen-bond acceptors (Lipinski definition) is 16. The van der Waals surface area contributed by atoms with Crippen LogP contribution >= 0.6 is 23.5 Å². The fourth-order valence-electron chi connectivity index (χ4n) is 5.84. The minimum atomic E-state index is -6.00. The first-order valence-electron chi connectivity index (χ1n) is 12.6. The molecule has 1 radical (unpaired) electrons. The number of aliphatic hydroxyl groups excluding tert-OH is 1. The lowest BCUT2D eigenvalue weighted by Gasteiger charge is -2.38. The van der Waals surface area contributed by atoms with Crippen molar-refractivity contribution in [2.45, 2.75) is 69.9 Å². The number of rotatable bonds is 11. The van der Waals surface area contributed by atoms with E-state index >= 15 is 0 Å². The minimum Gasteiger partial charge on any atom is -0.388 e. The molecule has 0 spiro atoms. The second-order valence-corrected chi connectivity index (χ2v) is 15.6. The summed E-state index contributed by atoms with van der Waals surface area (Å²) in [6, 6.07) is 0. The van der Waals surface area contributed by atoms with Gasteiger partial charge in [-0.25, -0.2) is 28.0 Å². The molecular formula is C19H29N7O16P3. The number of nitrogens with one attached hydrogen (secondary N) is 1. The Kier molecular flexibility index (Phi) is 9.44. The first kappa shape index (κ1) is 35.4. The molecule has 251 valence electrons. The molecule has 0 aromatic carbocycles. The van der Waals surface area contributed by atoms with Gasteiger partial charge in [-0.3, -0.25) is 14.3 Å². The third-order valence-electron chi connectivity index (χ3n) is 7.37. The summed E-state index contributed by atoms with van der Waals surface area (Å²) in [5.41, 5.74) is 2.22. The van der Waals surface area contributed by atoms with Gasteiger partial charge in [-0.15, -0.1) is 10.3 Å². The summed E-state index contributed by atoms with van der Waals surface area (Å²) in [7, 11) is -17.7. The predicted molar refractivity (Wildman–Crippen MR) is 143 cm³/mol. The van der Waals surface area contributed by atoms with Gasteiger partial charge in [0.05, 0.1) is 6.33 Å². The van der Waals surface area contributed by atoms with Crippen molar-refractivity contribution >= 4 is 46.7 Å². The zero-order valence-corrected chi connectivity index (χ0v) is 26.3. The van der Waals surface area contributed by atoms with Gasteiger partial charge in [0.25, 0.3) is 17.9 Å². The summed E-state index contributed by atoms with van der Waals surface area (Å²) < 4.78 is 55.1. The molecular weight excluding hydrogens is 675 g/mol. The van der Waals surface area contributed by atoms with E-state index in [-0.39, 0.29) is 23.5 Å². The van der Waals surface area contributed by atoms with Crippen LogP contribution in [0, 0.1) is 11.8 Å². The first-order valence-corrected chi connectivity index (χ1v) is 17.1. The molecule has 0 amide bonds. The number of phosphoric acid groups is 3. The van der Waals surface area contributed by atoms with E-state index in [2.05, 4.69) is 28.7 Å². The van der Waals surface area contributed by atoms with Crippen LogP contribution in [0.4, 0.5) is 5.95 Å². The number of aromatic nitrogens is 4. The van der Waals surface area contributed by atoms with Crippen LogP contribution in [0.5, 0.6) is 0 Å². The standard InChI is InChI=1S/C19H29N7O16P3/c1-18(2)5-8(19(3,4)26(18)30)9-11(28)15(25-6-21-10-13(25)23-17(20)24-14(10)29)38-12(9)16(39-22-7-27)40-44(34,35)42-45(36,37)41-43(31,32)33/h6,8-9,11-12,15-16,28H,5H2,1-4H3,(H,34,35)(H,36,37)(H2,31,32,33)(H3,20,23,24,29)/t8?,9-,11+,12-,15+,16?/m0/s1. The van der Waals surface area contributed by atoms with Gasteiger partial charge in [-0.2, -0.15) is 13.6 Å². The van der Waals surface area contributed by atoms with Crippen LogP contribution in [0.1, 0.15) is 40.3 Å². The molecule has 0 aliphatic carbocycles. The number of aliphatic hydroxyl groups is 1. The quantitative estimate of drug-likeness (QED) is 0.0520. The van der Waals surface area contributed by atoms with Crippen LogP contribution in [0.25, 0.3) is 11.2 Å². The highest BCUT2D eigenvalue weighted by molar-refractivity contribution is 7.66. The van der Waals surface area contributed by atoms with Crippen molar-refractivity contribution in [3.63, 3.8) is 0 Å². The Morgan fingerprint density at radius 3 is 2.38 bits per heavy atom. The minimum absolute atomic E-state index is 0.0757. The highest BCUT2D eigenvalue weighted by Crippen LogP contribution is 2.67. The zero-order chi connectivity index (χ0) is 33.9. The Labute approximate surface area is 251 Å². The first-order chi connectivity index (χ1) is 20.5. The molecule has 2 saturated heterocycles. The SMILES string of the molecule is CC1(C)CC([C@H]2[C@@H](O)[C@H](n3cnc4c(=O)[nH]c(N)nc43)O[C@@H]2C(ON=C=O)OP(=O)(O)OP(=O)(O)OP(=O)(O)O)C(C)(C)N1[O]. The second kappa shape index (κ2) is 12.0. The lowest BCUT2D eigenvalue weighted by atomic mass is 9.73.